The van der Waals surface area contributed by atoms with Crippen LogP contribution in [0.1, 0.15) is 58.3 Å². The first-order chi connectivity index (χ1) is 7.78. The fourth-order valence-corrected chi connectivity index (χ4v) is 4.12. The normalized spacial score (nSPS) is 40.9. The first kappa shape index (κ1) is 13.1. The van der Waals surface area contributed by atoms with E-state index in [2.05, 4.69) is 34.8 Å². The molecule has 0 unspecified atom stereocenters. The van der Waals surface area contributed by atoms with Crippen LogP contribution in [0.25, 0.3) is 0 Å². The van der Waals surface area contributed by atoms with E-state index in [1.54, 1.807) is 0 Å². The Morgan fingerprint density at radius 3 is 1.88 bits per heavy atom. The lowest BCUT2D eigenvalue weighted by atomic mass is 9.84. The van der Waals surface area contributed by atoms with Gasteiger partial charge in [0.05, 0.1) is 0 Å². The predicted octanol–water partition coefficient (Wildman–Crippen LogP) is 4.15. The quantitative estimate of drug-likeness (QED) is 0.604. The second kappa shape index (κ2) is 6.58. The smallest absolute Gasteiger partial charge is 0.00698 e. The van der Waals surface area contributed by atoms with Crippen molar-refractivity contribution in [2.45, 2.75) is 70.4 Å². The molecule has 0 radical (unpaired) electrons. The molecule has 0 amide bonds. The second-order valence-electron chi connectivity index (χ2n) is 6.00. The molecule has 2 saturated carbocycles. The molecule has 0 aromatic heterocycles. The van der Waals surface area contributed by atoms with E-state index in [4.69, 9.17) is 0 Å². The fraction of sp³-hybridized carbons (Fsp3) is 1.00. The van der Waals surface area contributed by atoms with Gasteiger partial charge in [0.25, 0.3) is 0 Å². The Bertz CT molecular complexity index is 191. The summed E-state index contributed by atoms with van der Waals surface area (Å²) in [6.07, 6.45) is 11.5. The topological polar surface area (TPSA) is 12.0 Å². The molecule has 1 N–H and O–H groups in total. The van der Waals surface area contributed by atoms with Crippen LogP contribution in [-0.4, -0.2) is 16.5 Å². The van der Waals surface area contributed by atoms with Gasteiger partial charge in [0.15, 0.2) is 0 Å². The Morgan fingerprint density at radius 1 is 0.875 bits per heavy atom. The average molecular weight is 335 g/mol. The summed E-state index contributed by atoms with van der Waals surface area (Å²) in [5.41, 5.74) is 0. The Hall–Kier alpha value is 0.690. The number of nitrogens with one attached hydrogen (secondary N) is 1. The highest BCUT2D eigenvalue weighted by Crippen LogP contribution is 2.28. The third kappa shape index (κ3) is 3.86. The molecular weight excluding hydrogens is 309 g/mol. The van der Waals surface area contributed by atoms with Gasteiger partial charge in [0.1, 0.15) is 0 Å². The van der Waals surface area contributed by atoms with Crippen LogP contribution in [0.3, 0.4) is 0 Å². The molecule has 16 heavy (non-hydrogen) atoms. The molecule has 2 rings (SSSR count). The Morgan fingerprint density at radius 2 is 1.38 bits per heavy atom. The van der Waals surface area contributed by atoms with Gasteiger partial charge in [-0.05, 0) is 63.2 Å². The molecule has 2 aliphatic carbocycles. The molecule has 94 valence electrons. The number of rotatable bonds is 3. The Kier molecular flexibility index (Phi) is 5.40. The van der Waals surface area contributed by atoms with Gasteiger partial charge in [0.2, 0.25) is 0 Å². The van der Waals surface area contributed by atoms with E-state index in [-0.39, 0.29) is 0 Å². The summed E-state index contributed by atoms with van der Waals surface area (Å²) < 4.78 is 1.37. The van der Waals surface area contributed by atoms with E-state index < -0.39 is 0 Å². The molecule has 0 heterocycles. The van der Waals surface area contributed by atoms with Crippen molar-refractivity contribution in [2.75, 3.05) is 4.43 Å². The summed E-state index contributed by atoms with van der Waals surface area (Å²) in [4.78, 5) is 0. The second-order valence-corrected chi connectivity index (χ2v) is 6.88. The van der Waals surface area contributed by atoms with Crippen LogP contribution < -0.4 is 5.32 Å². The van der Waals surface area contributed by atoms with Crippen molar-refractivity contribution in [3.8, 4) is 0 Å². The van der Waals surface area contributed by atoms with Gasteiger partial charge in [-0.2, -0.15) is 0 Å². The zero-order valence-electron chi connectivity index (χ0n) is 10.6. The zero-order chi connectivity index (χ0) is 11.4. The van der Waals surface area contributed by atoms with Crippen LogP contribution in [0.15, 0.2) is 0 Å². The fourth-order valence-electron chi connectivity index (χ4n) is 3.24. The zero-order valence-corrected chi connectivity index (χ0v) is 12.7. The molecular formula is C14H26IN. The molecule has 2 heteroatoms. The Balaban J connectivity index is 1.66. The molecule has 0 saturated heterocycles. The van der Waals surface area contributed by atoms with Crippen molar-refractivity contribution in [2.24, 2.45) is 11.8 Å². The minimum Gasteiger partial charge on any atom is -0.311 e. The summed E-state index contributed by atoms with van der Waals surface area (Å²) in [5.74, 6) is 2.00. The third-order valence-corrected chi connectivity index (χ3v) is 5.80. The molecule has 2 fully saturated rings. The van der Waals surface area contributed by atoms with Crippen molar-refractivity contribution in [1.29, 1.82) is 0 Å². The molecule has 0 atom stereocenters. The largest absolute Gasteiger partial charge is 0.311 e. The van der Waals surface area contributed by atoms with Gasteiger partial charge < -0.3 is 5.32 Å². The lowest BCUT2D eigenvalue weighted by Crippen LogP contribution is -2.42. The number of alkyl halides is 1. The average Bonchev–Trinajstić information content (AvgIpc) is 2.33. The lowest BCUT2D eigenvalue weighted by Gasteiger charge is -2.34. The first-order valence-corrected chi connectivity index (χ1v) is 8.62. The van der Waals surface area contributed by atoms with Gasteiger partial charge in [-0.1, -0.05) is 29.5 Å². The summed E-state index contributed by atoms with van der Waals surface area (Å²) in [7, 11) is 0. The SMILES string of the molecule is CC1CCC(NC2CCC(CI)CC2)CC1. The molecule has 0 aliphatic heterocycles. The summed E-state index contributed by atoms with van der Waals surface area (Å²) >= 11 is 2.55. The number of halogens is 1. The maximum absolute atomic E-state index is 3.92. The standard InChI is InChI=1S/C14H26IN/c1-11-2-6-13(7-3-11)16-14-8-4-12(10-15)5-9-14/h11-14,16H,2-10H2,1H3. The highest BCUT2D eigenvalue weighted by Gasteiger charge is 2.24. The molecule has 0 aromatic rings. The number of hydrogen-bond donors (Lipinski definition) is 1. The Labute approximate surface area is 114 Å². The van der Waals surface area contributed by atoms with E-state index in [0.717, 1.165) is 23.9 Å². The van der Waals surface area contributed by atoms with Gasteiger partial charge in [-0.15, -0.1) is 0 Å². The van der Waals surface area contributed by atoms with E-state index in [9.17, 15) is 0 Å². The first-order valence-electron chi connectivity index (χ1n) is 7.10. The monoisotopic (exact) mass is 335 g/mol. The van der Waals surface area contributed by atoms with Crippen molar-refractivity contribution >= 4 is 22.6 Å². The van der Waals surface area contributed by atoms with Crippen LogP contribution in [0.5, 0.6) is 0 Å². The highest BCUT2D eigenvalue weighted by molar-refractivity contribution is 14.1. The molecule has 0 aromatic carbocycles. The maximum atomic E-state index is 3.92. The third-order valence-electron chi connectivity index (χ3n) is 4.55. The van der Waals surface area contributed by atoms with Crippen LogP contribution in [0.4, 0.5) is 0 Å². The highest BCUT2D eigenvalue weighted by atomic mass is 127. The van der Waals surface area contributed by atoms with E-state index in [0.29, 0.717) is 0 Å². The number of hydrogen-bond acceptors (Lipinski definition) is 1. The van der Waals surface area contributed by atoms with Crippen molar-refractivity contribution in [3.63, 3.8) is 0 Å². The van der Waals surface area contributed by atoms with Gasteiger partial charge in [-0.3, -0.25) is 0 Å². The predicted molar refractivity (Wildman–Crippen MR) is 79.2 cm³/mol. The maximum Gasteiger partial charge on any atom is 0.00698 e. The van der Waals surface area contributed by atoms with E-state index >= 15 is 0 Å². The minimum atomic E-state index is 0.845. The summed E-state index contributed by atoms with van der Waals surface area (Å²) in [6, 6.07) is 1.69. The molecule has 2 aliphatic rings. The molecule has 0 spiro atoms. The lowest BCUT2D eigenvalue weighted by molar-refractivity contribution is 0.243. The minimum absolute atomic E-state index is 0.845. The van der Waals surface area contributed by atoms with Gasteiger partial charge >= 0.3 is 0 Å². The van der Waals surface area contributed by atoms with Crippen LogP contribution >= 0.6 is 22.6 Å². The van der Waals surface area contributed by atoms with Crippen molar-refractivity contribution in [3.05, 3.63) is 0 Å². The van der Waals surface area contributed by atoms with Crippen molar-refractivity contribution in [1.82, 2.24) is 5.32 Å². The van der Waals surface area contributed by atoms with Crippen LogP contribution in [0, 0.1) is 11.8 Å². The van der Waals surface area contributed by atoms with Crippen LogP contribution in [0.2, 0.25) is 0 Å². The van der Waals surface area contributed by atoms with Crippen molar-refractivity contribution < 1.29 is 0 Å². The summed E-state index contributed by atoms with van der Waals surface area (Å²) in [6.45, 7) is 2.40. The molecule has 0 bridgehead atoms. The van der Waals surface area contributed by atoms with Gasteiger partial charge in [-0.25, -0.2) is 0 Å². The van der Waals surface area contributed by atoms with Gasteiger partial charge in [0, 0.05) is 16.5 Å². The van der Waals surface area contributed by atoms with Crippen LogP contribution in [-0.2, 0) is 0 Å². The van der Waals surface area contributed by atoms with E-state index in [1.807, 2.05) is 0 Å². The van der Waals surface area contributed by atoms with E-state index in [1.165, 1.54) is 55.8 Å². The summed E-state index contributed by atoms with van der Waals surface area (Å²) in [5, 5.41) is 3.92. The molecule has 1 nitrogen and oxygen atoms in total.